The van der Waals surface area contributed by atoms with Gasteiger partial charge in [-0.25, -0.2) is 4.68 Å². The Bertz CT molecular complexity index is 510. The first-order chi connectivity index (χ1) is 8.18. The second-order valence-corrected chi connectivity index (χ2v) is 4.84. The van der Waals surface area contributed by atoms with Gasteiger partial charge in [0.2, 0.25) is 5.91 Å². The Morgan fingerprint density at radius 2 is 2.24 bits per heavy atom. The number of anilines is 1. The average molecular weight is 295 g/mol. The minimum atomic E-state index is -0.244. The highest BCUT2D eigenvalue weighted by atomic mass is 79.9. The van der Waals surface area contributed by atoms with Gasteiger partial charge in [0.1, 0.15) is 0 Å². The van der Waals surface area contributed by atoms with Crippen molar-refractivity contribution < 1.29 is 4.79 Å². The summed E-state index contributed by atoms with van der Waals surface area (Å²) in [6.07, 6.45) is 3.31. The van der Waals surface area contributed by atoms with E-state index in [2.05, 4.69) is 31.6 Å². The van der Waals surface area contributed by atoms with Crippen LogP contribution in [0.5, 0.6) is 0 Å². The molecule has 0 fully saturated rings. The number of nitrogens with one attached hydrogen (secondary N) is 1. The number of para-hydroxylation sites is 2. The van der Waals surface area contributed by atoms with Crippen LogP contribution >= 0.6 is 15.9 Å². The Morgan fingerprint density at radius 1 is 1.47 bits per heavy atom. The Hall–Kier alpha value is -1.69. The van der Waals surface area contributed by atoms with Crippen molar-refractivity contribution in [2.24, 2.45) is 0 Å². The summed E-state index contributed by atoms with van der Waals surface area (Å²) in [6, 6.07) is 7.42. The molecule has 1 aromatic carbocycles. The number of carbonyl (C=O) groups excluding carboxylic acids is 1. The van der Waals surface area contributed by atoms with E-state index in [4.69, 9.17) is 0 Å². The number of amides is 1. The molecule has 2 rings (SSSR count). The zero-order chi connectivity index (χ0) is 12.3. The zero-order valence-electron chi connectivity index (χ0n) is 9.17. The zero-order valence-corrected chi connectivity index (χ0v) is 10.8. The molecule has 88 valence electrons. The van der Waals surface area contributed by atoms with Crippen LogP contribution in [0.25, 0.3) is 5.69 Å². The maximum atomic E-state index is 11.6. The summed E-state index contributed by atoms with van der Waals surface area (Å²) in [5.41, 5.74) is 1.49. The Balaban J connectivity index is 2.32. The van der Waals surface area contributed by atoms with Crippen molar-refractivity contribution in [2.45, 2.75) is 11.8 Å². The number of aromatic nitrogens is 3. The van der Waals surface area contributed by atoms with E-state index in [1.54, 1.807) is 24.0 Å². The lowest BCUT2D eigenvalue weighted by molar-refractivity contribution is -0.115. The van der Waals surface area contributed by atoms with E-state index >= 15 is 0 Å². The van der Waals surface area contributed by atoms with Crippen molar-refractivity contribution in [3.63, 3.8) is 0 Å². The Labute approximate surface area is 107 Å². The third-order valence-electron chi connectivity index (χ3n) is 2.19. The molecular weight excluding hydrogens is 284 g/mol. The molecule has 17 heavy (non-hydrogen) atoms. The van der Waals surface area contributed by atoms with Crippen LogP contribution in [-0.2, 0) is 4.79 Å². The highest BCUT2D eigenvalue weighted by Gasteiger charge is 2.11. The van der Waals surface area contributed by atoms with Crippen molar-refractivity contribution in [2.75, 3.05) is 5.32 Å². The van der Waals surface area contributed by atoms with E-state index in [0.29, 0.717) is 5.69 Å². The van der Waals surface area contributed by atoms with Gasteiger partial charge in [-0.3, -0.25) is 4.79 Å². The summed E-state index contributed by atoms with van der Waals surface area (Å²) in [5, 5.41) is 10.5. The average Bonchev–Trinajstić information content (AvgIpc) is 2.83. The molecule has 1 heterocycles. The molecular formula is C11H11BrN4O. The molecule has 1 atom stereocenters. The van der Waals surface area contributed by atoms with Gasteiger partial charge >= 0.3 is 0 Å². The topological polar surface area (TPSA) is 59.8 Å². The standard InChI is InChI=1S/C11H11BrN4O/c1-8(12)11(17)14-9-4-2-3-5-10(9)16-7-6-13-15-16/h2-8H,1H3,(H,14,17). The number of hydrogen-bond acceptors (Lipinski definition) is 3. The van der Waals surface area contributed by atoms with Gasteiger partial charge < -0.3 is 5.32 Å². The van der Waals surface area contributed by atoms with Gasteiger partial charge in [0.05, 0.1) is 28.6 Å². The van der Waals surface area contributed by atoms with Crippen molar-refractivity contribution in [3.8, 4) is 5.69 Å². The summed E-state index contributed by atoms with van der Waals surface area (Å²) in [6.45, 7) is 1.77. The molecule has 1 aromatic heterocycles. The number of carbonyl (C=O) groups is 1. The fraction of sp³-hybridized carbons (Fsp3) is 0.182. The molecule has 2 aromatic rings. The van der Waals surface area contributed by atoms with Crippen molar-refractivity contribution in [1.82, 2.24) is 15.0 Å². The first-order valence-electron chi connectivity index (χ1n) is 5.09. The molecule has 1 unspecified atom stereocenters. The van der Waals surface area contributed by atoms with E-state index in [1.807, 2.05) is 24.3 Å². The predicted molar refractivity (Wildman–Crippen MR) is 68.4 cm³/mol. The highest BCUT2D eigenvalue weighted by molar-refractivity contribution is 9.10. The smallest absolute Gasteiger partial charge is 0.237 e. The molecule has 0 aliphatic carbocycles. The van der Waals surface area contributed by atoms with E-state index < -0.39 is 0 Å². The molecule has 0 aliphatic rings. The first kappa shape index (κ1) is 11.8. The molecule has 0 bridgehead atoms. The van der Waals surface area contributed by atoms with Crippen molar-refractivity contribution in [3.05, 3.63) is 36.7 Å². The maximum absolute atomic E-state index is 11.6. The van der Waals surface area contributed by atoms with E-state index in [9.17, 15) is 4.79 Å². The van der Waals surface area contributed by atoms with Gasteiger partial charge in [0, 0.05) is 0 Å². The fourth-order valence-electron chi connectivity index (χ4n) is 1.35. The third kappa shape index (κ3) is 2.71. The van der Waals surface area contributed by atoms with Gasteiger partial charge in [-0.15, -0.1) is 5.10 Å². The molecule has 0 radical (unpaired) electrons. The number of benzene rings is 1. The van der Waals surface area contributed by atoms with Crippen LogP contribution in [0.1, 0.15) is 6.92 Å². The van der Waals surface area contributed by atoms with Gasteiger partial charge in [-0.2, -0.15) is 0 Å². The lowest BCUT2D eigenvalue weighted by Gasteiger charge is -2.11. The maximum Gasteiger partial charge on any atom is 0.237 e. The Kier molecular flexibility index (Phi) is 3.53. The number of halogens is 1. The SMILES string of the molecule is CC(Br)C(=O)Nc1ccccc1-n1ccnn1. The minimum Gasteiger partial charge on any atom is -0.323 e. The van der Waals surface area contributed by atoms with Crippen LogP contribution in [0.2, 0.25) is 0 Å². The predicted octanol–water partition coefficient (Wildman–Crippen LogP) is 1.99. The largest absolute Gasteiger partial charge is 0.323 e. The van der Waals surface area contributed by atoms with Gasteiger partial charge in [0.25, 0.3) is 0 Å². The van der Waals surface area contributed by atoms with Crippen LogP contribution in [0.3, 0.4) is 0 Å². The van der Waals surface area contributed by atoms with E-state index in [-0.39, 0.29) is 10.7 Å². The van der Waals surface area contributed by atoms with Gasteiger partial charge in [0.15, 0.2) is 0 Å². The van der Waals surface area contributed by atoms with Crippen LogP contribution in [0.4, 0.5) is 5.69 Å². The highest BCUT2D eigenvalue weighted by Crippen LogP contribution is 2.19. The molecule has 5 nitrogen and oxygen atoms in total. The molecule has 0 saturated heterocycles. The summed E-state index contributed by atoms with van der Waals surface area (Å²) in [4.78, 5) is 11.4. The second-order valence-electron chi connectivity index (χ2n) is 3.47. The van der Waals surface area contributed by atoms with Gasteiger partial charge in [-0.05, 0) is 19.1 Å². The molecule has 1 N–H and O–H groups in total. The Morgan fingerprint density at radius 3 is 2.88 bits per heavy atom. The van der Waals surface area contributed by atoms with Crippen LogP contribution in [-0.4, -0.2) is 25.7 Å². The summed E-state index contributed by atoms with van der Waals surface area (Å²) >= 11 is 3.22. The molecule has 6 heteroatoms. The first-order valence-corrected chi connectivity index (χ1v) is 6.00. The normalized spacial score (nSPS) is 12.1. The number of nitrogens with zero attached hydrogens (tertiary/aromatic N) is 3. The van der Waals surface area contributed by atoms with Crippen LogP contribution in [0, 0.1) is 0 Å². The van der Waals surface area contributed by atoms with Gasteiger partial charge in [-0.1, -0.05) is 33.3 Å². The quantitative estimate of drug-likeness (QED) is 0.881. The second kappa shape index (κ2) is 5.09. The molecule has 1 amide bonds. The number of alkyl halides is 1. The number of rotatable bonds is 3. The van der Waals surface area contributed by atoms with E-state index in [0.717, 1.165) is 5.69 Å². The van der Waals surface area contributed by atoms with E-state index in [1.165, 1.54) is 0 Å². The summed E-state index contributed by atoms with van der Waals surface area (Å²) < 4.78 is 1.61. The lowest BCUT2D eigenvalue weighted by Crippen LogP contribution is -2.21. The van der Waals surface area contributed by atoms with Crippen LogP contribution < -0.4 is 5.32 Å². The summed E-state index contributed by atoms with van der Waals surface area (Å²) in [7, 11) is 0. The van der Waals surface area contributed by atoms with Crippen LogP contribution in [0.15, 0.2) is 36.7 Å². The van der Waals surface area contributed by atoms with Crippen molar-refractivity contribution in [1.29, 1.82) is 0 Å². The molecule has 0 saturated carbocycles. The summed E-state index contributed by atoms with van der Waals surface area (Å²) in [5.74, 6) is -0.0995. The third-order valence-corrected chi connectivity index (χ3v) is 2.61. The fourth-order valence-corrected chi connectivity index (χ4v) is 1.46. The number of hydrogen-bond donors (Lipinski definition) is 1. The molecule has 0 aliphatic heterocycles. The molecule has 0 spiro atoms. The van der Waals surface area contributed by atoms with Crippen molar-refractivity contribution >= 4 is 27.5 Å². The lowest BCUT2D eigenvalue weighted by atomic mass is 10.2. The minimum absolute atomic E-state index is 0.0995. The monoisotopic (exact) mass is 294 g/mol.